The maximum atomic E-state index is 9.36. The molecular formula is C16H18N4O2S2. The van der Waals surface area contributed by atoms with E-state index in [4.69, 9.17) is 24.4 Å². The van der Waals surface area contributed by atoms with Gasteiger partial charge >= 0.3 is 0 Å². The first kappa shape index (κ1) is 18.3. The average Bonchev–Trinajstić information content (AvgIpc) is 2.55. The minimum atomic E-state index is 0.421. The molecular weight excluding hydrogens is 344 g/mol. The highest BCUT2D eigenvalue weighted by molar-refractivity contribution is 7.80. The molecule has 0 spiro atoms. The van der Waals surface area contributed by atoms with Crippen molar-refractivity contribution in [2.24, 2.45) is 0 Å². The second kappa shape index (κ2) is 8.20. The zero-order chi connectivity index (χ0) is 17.7. The molecule has 0 radical (unpaired) electrons. The van der Waals surface area contributed by atoms with E-state index in [9.17, 15) is 10.4 Å². The number of thiocarbonyl (C=S) groups is 2. The van der Waals surface area contributed by atoms with Crippen LogP contribution in [0, 0.1) is 0 Å². The largest absolute Gasteiger partial charge is 0.288 e. The quantitative estimate of drug-likeness (QED) is 0.621. The molecule has 0 unspecified atom stereocenters. The van der Waals surface area contributed by atoms with Crippen LogP contribution in [0.1, 0.15) is 11.1 Å². The number of aromatic nitrogens is 2. The summed E-state index contributed by atoms with van der Waals surface area (Å²) in [5, 5.41) is 20.6. The topological polar surface area (TPSA) is 72.7 Å². The summed E-state index contributed by atoms with van der Waals surface area (Å²) in [7, 11) is 2.99. The van der Waals surface area contributed by atoms with Crippen molar-refractivity contribution in [3.8, 4) is 11.4 Å². The van der Waals surface area contributed by atoms with E-state index in [1.807, 2.05) is 24.3 Å². The van der Waals surface area contributed by atoms with Gasteiger partial charge in [0.25, 0.3) is 0 Å². The third-order valence-corrected chi connectivity index (χ3v) is 4.16. The normalized spacial score (nSPS) is 10.3. The van der Waals surface area contributed by atoms with E-state index in [-0.39, 0.29) is 0 Å². The molecule has 0 saturated heterocycles. The van der Waals surface area contributed by atoms with Gasteiger partial charge in [-0.25, -0.2) is 0 Å². The van der Waals surface area contributed by atoms with Gasteiger partial charge in [0.2, 0.25) is 0 Å². The third-order valence-electron chi connectivity index (χ3n) is 3.34. The Labute approximate surface area is 151 Å². The van der Waals surface area contributed by atoms with Crippen molar-refractivity contribution in [3.05, 3.63) is 47.8 Å². The monoisotopic (exact) mass is 362 g/mol. The molecule has 126 valence electrons. The smallest absolute Gasteiger partial charge is 0.107 e. The Kier molecular flexibility index (Phi) is 6.27. The number of rotatable bonds is 5. The SMILES string of the molecule is CN(O)C(=S)Cc1ccnc(-c2cc(CC(=S)N(C)O)ccn2)c1. The van der Waals surface area contributed by atoms with Crippen molar-refractivity contribution in [2.45, 2.75) is 12.8 Å². The van der Waals surface area contributed by atoms with Gasteiger partial charge in [0, 0.05) is 39.3 Å². The van der Waals surface area contributed by atoms with E-state index >= 15 is 0 Å². The molecule has 0 atom stereocenters. The minimum Gasteiger partial charge on any atom is -0.288 e. The maximum Gasteiger partial charge on any atom is 0.107 e. The fourth-order valence-corrected chi connectivity index (χ4v) is 2.36. The van der Waals surface area contributed by atoms with Crippen LogP contribution in [0.25, 0.3) is 11.4 Å². The summed E-state index contributed by atoms with van der Waals surface area (Å²) in [6.45, 7) is 0. The molecule has 0 fully saturated rings. The number of hydrogen-bond acceptors (Lipinski definition) is 6. The van der Waals surface area contributed by atoms with Gasteiger partial charge in [0.1, 0.15) is 9.98 Å². The summed E-state index contributed by atoms with van der Waals surface area (Å²) in [4.78, 5) is 9.53. The molecule has 0 bridgehead atoms. The van der Waals surface area contributed by atoms with Crippen LogP contribution in [0.4, 0.5) is 0 Å². The Morgan fingerprint density at radius 3 is 1.58 bits per heavy atom. The number of pyridine rings is 2. The molecule has 0 aliphatic heterocycles. The van der Waals surface area contributed by atoms with Crippen molar-refractivity contribution in [1.82, 2.24) is 20.1 Å². The zero-order valence-corrected chi connectivity index (χ0v) is 15.0. The van der Waals surface area contributed by atoms with Crippen molar-refractivity contribution >= 4 is 34.4 Å². The van der Waals surface area contributed by atoms with E-state index < -0.39 is 0 Å². The van der Waals surface area contributed by atoms with Crippen LogP contribution in [-0.4, -0.2) is 54.6 Å². The fourth-order valence-electron chi connectivity index (χ4n) is 2.03. The predicted octanol–water partition coefficient (Wildman–Crippen LogP) is 2.53. The molecule has 0 aliphatic rings. The van der Waals surface area contributed by atoms with Crippen molar-refractivity contribution in [1.29, 1.82) is 0 Å². The Morgan fingerprint density at radius 1 is 0.875 bits per heavy atom. The molecule has 2 heterocycles. The number of hydroxylamine groups is 4. The van der Waals surface area contributed by atoms with E-state index in [0.717, 1.165) is 21.3 Å². The van der Waals surface area contributed by atoms with Crippen LogP contribution in [0.3, 0.4) is 0 Å². The van der Waals surface area contributed by atoms with E-state index in [1.54, 1.807) is 12.4 Å². The second-order valence-electron chi connectivity index (χ2n) is 5.29. The Morgan fingerprint density at radius 2 is 1.25 bits per heavy atom. The summed E-state index contributed by atoms with van der Waals surface area (Å²) in [5.41, 5.74) is 3.29. The van der Waals surface area contributed by atoms with E-state index in [0.29, 0.717) is 34.2 Å². The molecule has 8 heteroatoms. The Hall–Kier alpha value is -2.00. The van der Waals surface area contributed by atoms with Gasteiger partial charge in [-0.05, 0) is 35.4 Å². The van der Waals surface area contributed by atoms with Crippen molar-refractivity contribution in [2.75, 3.05) is 14.1 Å². The highest BCUT2D eigenvalue weighted by atomic mass is 32.1. The van der Waals surface area contributed by atoms with E-state index in [1.165, 1.54) is 14.1 Å². The van der Waals surface area contributed by atoms with Crippen LogP contribution in [0.2, 0.25) is 0 Å². The number of likely N-dealkylation sites (N-methyl/N-ethyl adjacent to an activating group) is 2. The zero-order valence-electron chi connectivity index (χ0n) is 13.4. The molecule has 2 rings (SSSR count). The lowest BCUT2D eigenvalue weighted by Crippen LogP contribution is -2.22. The Balaban J connectivity index is 2.22. The minimum absolute atomic E-state index is 0.421. The highest BCUT2D eigenvalue weighted by Gasteiger charge is 2.09. The van der Waals surface area contributed by atoms with Crippen LogP contribution >= 0.6 is 24.4 Å². The standard InChI is InChI=1S/C16H18N4O2S2/c1-19(21)15(23)9-11-3-5-17-13(7-11)14-8-12(4-6-18-14)10-16(24)20(2)22/h3-8,21-22H,9-10H2,1-2H3. The maximum absolute atomic E-state index is 9.36. The third kappa shape index (κ3) is 5.00. The van der Waals surface area contributed by atoms with Crippen LogP contribution in [0.5, 0.6) is 0 Å². The molecule has 0 saturated carbocycles. The van der Waals surface area contributed by atoms with Crippen LogP contribution in [-0.2, 0) is 12.8 Å². The highest BCUT2D eigenvalue weighted by Crippen LogP contribution is 2.18. The lowest BCUT2D eigenvalue weighted by atomic mass is 10.1. The van der Waals surface area contributed by atoms with Gasteiger partial charge in [-0.15, -0.1) is 0 Å². The number of nitrogens with zero attached hydrogens (tertiary/aromatic N) is 4. The molecule has 6 nitrogen and oxygen atoms in total. The lowest BCUT2D eigenvalue weighted by Gasteiger charge is -2.13. The average molecular weight is 362 g/mol. The second-order valence-corrected chi connectivity index (χ2v) is 6.23. The summed E-state index contributed by atoms with van der Waals surface area (Å²) in [6.07, 6.45) is 4.25. The lowest BCUT2D eigenvalue weighted by molar-refractivity contribution is 0.0147. The predicted molar refractivity (Wildman–Crippen MR) is 99.2 cm³/mol. The van der Waals surface area contributed by atoms with Crippen LogP contribution in [0.15, 0.2) is 36.7 Å². The first-order valence-electron chi connectivity index (χ1n) is 7.18. The van der Waals surface area contributed by atoms with E-state index in [2.05, 4.69) is 9.97 Å². The van der Waals surface area contributed by atoms with Gasteiger partial charge in [0.15, 0.2) is 0 Å². The van der Waals surface area contributed by atoms with Crippen LogP contribution < -0.4 is 0 Å². The van der Waals surface area contributed by atoms with Gasteiger partial charge < -0.3 is 0 Å². The summed E-state index contributed by atoms with van der Waals surface area (Å²) in [6, 6.07) is 7.47. The first-order chi connectivity index (χ1) is 11.4. The summed E-state index contributed by atoms with van der Waals surface area (Å²) >= 11 is 10.2. The molecule has 24 heavy (non-hydrogen) atoms. The van der Waals surface area contributed by atoms with Crippen molar-refractivity contribution < 1.29 is 10.4 Å². The molecule has 0 aliphatic carbocycles. The van der Waals surface area contributed by atoms with Crippen molar-refractivity contribution in [3.63, 3.8) is 0 Å². The molecule has 2 aromatic heterocycles. The first-order valence-corrected chi connectivity index (χ1v) is 7.99. The fraction of sp³-hybridized carbons (Fsp3) is 0.250. The molecule has 2 N–H and O–H groups in total. The molecule has 2 aromatic rings. The molecule has 0 aromatic carbocycles. The summed E-state index contributed by atoms with van der Waals surface area (Å²) < 4.78 is 0. The van der Waals surface area contributed by atoms with Gasteiger partial charge in [-0.3, -0.25) is 30.5 Å². The Bertz CT molecular complexity index is 687. The summed E-state index contributed by atoms with van der Waals surface area (Å²) in [5.74, 6) is 0. The van der Waals surface area contributed by atoms with Gasteiger partial charge in [-0.1, -0.05) is 24.4 Å². The van der Waals surface area contributed by atoms with Gasteiger partial charge in [0.05, 0.1) is 11.4 Å². The van der Waals surface area contributed by atoms with Gasteiger partial charge in [-0.2, -0.15) is 0 Å². The number of hydrogen-bond donors (Lipinski definition) is 2. The molecule has 0 amide bonds.